The average molecular weight is 355 g/mol. The minimum absolute atomic E-state index is 0.189. The molecule has 5 heteroatoms. The predicted molar refractivity (Wildman–Crippen MR) is 84.1 cm³/mol. The molecule has 0 heterocycles. The van der Waals surface area contributed by atoms with E-state index in [-0.39, 0.29) is 5.75 Å². The molecule has 0 saturated heterocycles. The summed E-state index contributed by atoms with van der Waals surface area (Å²) in [5, 5.41) is 14.3. The Morgan fingerprint density at radius 2 is 1.85 bits per heavy atom. The van der Waals surface area contributed by atoms with Crippen LogP contribution in [0.3, 0.4) is 0 Å². The Morgan fingerprint density at radius 1 is 1.25 bits per heavy atom. The van der Waals surface area contributed by atoms with Gasteiger partial charge in [-0.25, -0.2) is 0 Å². The third-order valence-electron chi connectivity index (χ3n) is 2.64. The molecular weight excluding hydrogens is 342 g/mol. The van der Waals surface area contributed by atoms with Crippen molar-refractivity contribution < 1.29 is 9.76 Å². The Hall–Kier alpha value is -1.45. The fourth-order valence-electron chi connectivity index (χ4n) is 1.60. The van der Waals surface area contributed by atoms with Crippen molar-refractivity contribution in [2.45, 2.75) is 12.3 Å². The number of hydrogen-bond acceptors (Lipinski definition) is 2. The minimum atomic E-state index is 0.189. The molecule has 2 aromatic carbocycles. The number of rotatable bonds is 3. The van der Waals surface area contributed by atoms with Crippen LogP contribution in [0.25, 0.3) is 0 Å². The molecule has 0 spiro atoms. The van der Waals surface area contributed by atoms with Crippen molar-refractivity contribution in [1.29, 1.82) is 0 Å². The number of aromatic hydroxyl groups is 1. The zero-order valence-electron chi connectivity index (χ0n) is 10.8. The molecule has 2 rings (SSSR count). The number of phenols is 1. The third-order valence-corrected chi connectivity index (χ3v) is 3.60. The first kappa shape index (κ1) is 16.6. The predicted octanol–water partition coefficient (Wildman–Crippen LogP) is 4.96. The van der Waals surface area contributed by atoms with Crippen molar-refractivity contribution in [1.82, 2.24) is 0 Å². The van der Waals surface area contributed by atoms with Crippen LogP contribution >= 0.6 is 27.5 Å². The van der Waals surface area contributed by atoms with Crippen LogP contribution < -0.4 is 5.32 Å². The molecular formula is C15H13BrClNO2. The van der Waals surface area contributed by atoms with E-state index in [0.29, 0.717) is 16.0 Å². The van der Waals surface area contributed by atoms with E-state index in [1.807, 2.05) is 31.2 Å². The summed E-state index contributed by atoms with van der Waals surface area (Å²) in [5.41, 5.74) is 3.58. The van der Waals surface area contributed by atoms with Gasteiger partial charge in [-0.1, -0.05) is 45.2 Å². The van der Waals surface area contributed by atoms with Crippen molar-refractivity contribution >= 4 is 38.9 Å². The Balaban J connectivity index is 0.000000956. The summed E-state index contributed by atoms with van der Waals surface area (Å²) in [6.45, 7) is 6.53. The van der Waals surface area contributed by atoms with E-state index in [2.05, 4.69) is 27.9 Å². The van der Waals surface area contributed by atoms with Gasteiger partial charge in [0.15, 0.2) is 0 Å². The zero-order chi connectivity index (χ0) is 15.1. The van der Waals surface area contributed by atoms with Crippen LogP contribution in [0.5, 0.6) is 5.75 Å². The molecule has 0 aliphatic heterocycles. The summed E-state index contributed by atoms with van der Waals surface area (Å²) in [6.07, 6.45) is 0. The number of halogens is 2. The second kappa shape index (κ2) is 7.98. The van der Waals surface area contributed by atoms with Gasteiger partial charge in [0.1, 0.15) is 5.75 Å². The topological polar surface area (TPSA) is 52.2 Å². The van der Waals surface area contributed by atoms with Gasteiger partial charge >= 0.3 is 11.3 Å². The molecule has 2 N–H and O–H groups in total. The molecule has 0 aromatic heterocycles. The van der Waals surface area contributed by atoms with Gasteiger partial charge in [-0.15, -0.1) is 0 Å². The molecule has 0 radical (unpaired) electrons. The monoisotopic (exact) mass is 353 g/mol. The van der Waals surface area contributed by atoms with Crippen LogP contribution in [0.1, 0.15) is 11.1 Å². The van der Waals surface area contributed by atoms with Gasteiger partial charge in [-0.3, -0.25) is 0 Å². The van der Waals surface area contributed by atoms with Gasteiger partial charge in [0, 0.05) is 16.0 Å². The fraction of sp³-hybridized carbons (Fsp3) is 0.133. The summed E-state index contributed by atoms with van der Waals surface area (Å²) in [5.74, 6) is 0.189. The number of hydrogen-bond donors (Lipinski definition) is 2. The normalized spacial score (nSPS) is 9.45. The van der Waals surface area contributed by atoms with Crippen LogP contribution in [-0.2, 0) is 9.98 Å². The molecule has 2 aromatic rings. The molecule has 0 saturated carbocycles. The van der Waals surface area contributed by atoms with Crippen LogP contribution in [0.15, 0.2) is 36.4 Å². The van der Waals surface area contributed by atoms with Gasteiger partial charge in [0.05, 0.1) is 5.69 Å². The maximum absolute atomic E-state index is 9.92. The molecule has 0 unspecified atom stereocenters. The standard InChI is InChI=1S/C14H13BrClNO.CO/c1-9-2-4-11(5-3-9)17-13-7-12(16)10(8-15)6-14(13)18;1-2/h2-7,17-18H,8H2,1H3;. The molecule has 20 heavy (non-hydrogen) atoms. The van der Waals surface area contributed by atoms with Crippen LogP contribution in [0.2, 0.25) is 5.02 Å². The van der Waals surface area contributed by atoms with Crippen LogP contribution in [0, 0.1) is 13.6 Å². The molecule has 0 bridgehead atoms. The summed E-state index contributed by atoms with van der Waals surface area (Å²) >= 11 is 9.44. The first-order valence-corrected chi connectivity index (χ1v) is 7.21. The average Bonchev–Trinajstić information content (AvgIpc) is 2.47. The van der Waals surface area contributed by atoms with E-state index < -0.39 is 0 Å². The van der Waals surface area contributed by atoms with E-state index in [1.54, 1.807) is 12.1 Å². The first-order valence-electron chi connectivity index (χ1n) is 5.71. The quantitative estimate of drug-likeness (QED) is 0.354. The summed E-state index contributed by atoms with van der Waals surface area (Å²) < 4.78 is 7.50. The SMILES string of the molecule is Cc1ccc(Nc2cc(Cl)c(CBr)cc2O)cc1.[C-]#[O+]. The molecule has 0 atom stereocenters. The third kappa shape index (κ3) is 4.29. The molecule has 0 aliphatic carbocycles. The second-order valence-corrected chi connectivity index (χ2v) is 5.05. The van der Waals surface area contributed by atoms with Crippen molar-refractivity contribution in [3.8, 4) is 5.75 Å². The Labute approximate surface area is 131 Å². The number of nitrogens with one attached hydrogen (secondary N) is 1. The van der Waals surface area contributed by atoms with Crippen molar-refractivity contribution in [3.63, 3.8) is 0 Å². The Morgan fingerprint density at radius 3 is 2.40 bits per heavy atom. The number of alkyl halides is 1. The number of benzene rings is 2. The van der Waals surface area contributed by atoms with Crippen molar-refractivity contribution in [2.75, 3.05) is 5.32 Å². The fourth-order valence-corrected chi connectivity index (χ4v) is 2.46. The summed E-state index contributed by atoms with van der Waals surface area (Å²) in [7, 11) is 0. The Kier molecular flexibility index (Phi) is 6.62. The number of anilines is 2. The Bertz CT molecular complexity index is 597. The van der Waals surface area contributed by atoms with Gasteiger partial charge in [0.25, 0.3) is 0 Å². The van der Waals surface area contributed by atoms with E-state index >= 15 is 0 Å². The van der Waals surface area contributed by atoms with Crippen LogP contribution in [-0.4, -0.2) is 5.11 Å². The number of phenolic OH excluding ortho intramolecular Hbond substituents is 1. The number of aryl methyl sites for hydroxylation is 1. The van der Waals surface area contributed by atoms with E-state index in [1.165, 1.54) is 5.56 Å². The summed E-state index contributed by atoms with van der Waals surface area (Å²) in [4.78, 5) is 0. The van der Waals surface area contributed by atoms with E-state index in [0.717, 1.165) is 11.3 Å². The zero-order valence-corrected chi connectivity index (χ0v) is 13.1. The summed E-state index contributed by atoms with van der Waals surface area (Å²) in [6, 6.07) is 11.3. The van der Waals surface area contributed by atoms with Gasteiger partial charge < -0.3 is 10.4 Å². The molecule has 0 aliphatic rings. The first-order chi connectivity index (χ1) is 9.60. The van der Waals surface area contributed by atoms with Crippen LogP contribution in [0.4, 0.5) is 11.4 Å². The van der Waals surface area contributed by atoms with E-state index in [9.17, 15) is 5.11 Å². The van der Waals surface area contributed by atoms with Gasteiger partial charge in [-0.2, -0.15) is 0 Å². The van der Waals surface area contributed by atoms with E-state index in [4.69, 9.17) is 16.3 Å². The van der Waals surface area contributed by atoms with Crippen molar-refractivity contribution in [2.24, 2.45) is 0 Å². The molecule has 0 fully saturated rings. The molecule has 0 amide bonds. The van der Waals surface area contributed by atoms with Gasteiger partial charge in [-0.05, 0) is 36.8 Å². The van der Waals surface area contributed by atoms with Crippen molar-refractivity contribution in [3.05, 3.63) is 59.2 Å². The molecule has 104 valence electrons. The molecule has 3 nitrogen and oxygen atoms in total. The second-order valence-electron chi connectivity index (χ2n) is 4.09. The van der Waals surface area contributed by atoms with Gasteiger partial charge in [0.2, 0.25) is 0 Å². The maximum atomic E-state index is 9.92.